The average Bonchev–Trinajstić information content (AvgIpc) is 3.11. The lowest BCUT2D eigenvalue weighted by atomic mass is 10.1. The van der Waals surface area contributed by atoms with Crippen LogP contribution in [-0.2, 0) is 11.3 Å². The van der Waals surface area contributed by atoms with Crippen LogP contribution in [0.1, 0.15) is 4.88 Å². The molecule has 0 radical (unpaired) electrons. The normalized spacial score (nSPS) is 15.3. The van der Waals surface area contributed by atoms with E-state index in [1.807, 2.05) is 17.0 Å². The monoisotopic (exact) mass is 403 g/mol. The van der Waals surface area contributed by atoms with Crippen molar-refractivity contribution in [2.24, 2.45) is 5.73 Å². The molecule has 0 unspecified atom stereocenters. The molecule has 1 aliphatic rings. The Kier molecular flexibility index (Phi) is 6.34. The molecular formula is C18H21N5O4S. The van der Waals surface area contributed by atoms with Gasteiger partial charge in [-0.15, -0.1) is 11.3 Å². The number of nitrogens with zero attached hydrogens (tertiary/aromatic N) is 3. The molecule has 3 N–H and O–H groups in total. The third-order valence-corrected chi connectivity index (χ3v) is 5.61. The molecule has 0 spiro atoms. The quantitative estimate of drug-likeness (QED) is 0.558. The molecule has 10 heteroatoms. The average molecular weight is 403 g/mol. The smallest absolute Gasteiger partial charge is 0.318 e. The number of nitrogens with one attached hydrogen (secondary N) is 1. The molecule has 0 atom stereocenters. The molecule has 3 amide bonds. The number of carbonyl (C=O) groups excluding carboxylic acids is 2. The van der Waals surface area contributed by atoms with Crippen LogP contribution in [0.5, 0.6) is 0 Å². The molecule has 1 saturated heterocycles. The van der Waals surface area contributed by atoms with Crippen molar-refractivity contribution in [3.05, 3.63) is 51.4 Å². The summed E-state index contributed by atoms with van der Waals surface area (Å²) in [5.41, 5.74) is 5.69. The second kappa shape index (κ2) is 8.91. The van der Waals surface area contributed by atoms with Crippen molar-refractivity contribution in [2.45, 2.75) is 6.54 Å². The minimum atomic E-state index is -0.837. The van der Waals surface area contributed by atoms with Gasteiger partial charge in [0.05, 0.1) is 17.0 Å². The summed E-state index contributed by atoms with van der Waals surface area (Å²) in [6.45, 7) is 3.93. The van der Waals surface area contributed by atoms with Gasteiger partial charge in [0, 0.05) is 48.5 Å². The Morgan fingerprint density at radius 2 is 1.79 bits per heavy atom. The van der Waals surface area contributed by atoms with Crippen LogP contribution in [0, 0.1) is 10.1 Å². The molecular weight excluding hydrogens is 382 g/mol. The number of hydrogen-bond acceptors (Lipinski definition) is 7. The van der Waals surface area contributed by atoms with Crippen molar-refractivity contribution < 1.29 is 14.5 Å². The molecule has 0 bridgehead atoms. The number of piperazine rings is 1. The standard InChI is InChI=1S/C18H21N5O4S/c19-18(25)20-17(24)12-22-9-7-21(8-10-22)11-13-5-6-16(28-13)14-3-1-2-4-15(14)23(26)27/h1-6H,7-12H2,(H3,19,20,24,25). The van der Waals surface area contributed by atoms with E-state index < -0.39 is 11.9 Å². The number of amides is 3. The lowest BCUT2D eigenvalue weighted by Crippen LogP contribution is -2.50. The van der Waals surface area contributed by atoms with Crippen molar-refractivity contribution in [2.75, 3.05) is 32.7 Å². The maximum absolute atomic E-state index is 11.6. The van der Waals surface area contributed by atoms with Gasteiger partial charge in [-0.05, 0) is 18.2 Å². The predicted molar refractivity (Wildman–Crippen MR) is 106 cm³/mol. The van der Waals surface area contributed by atoms with Gasteiger partial charge < -0.3 is 5.73 Å². The van der Waals surface area contributed by atoms with E-state index in [0.717, 1.165) is 29.4 Å². The number of nitrogens with two attached hydrogens (primary N) is 1. The van der Waals surface area contributed by atoms with Gasteiger partial charge in [-0.2, -0.15) is 0 Å². The fourth-order valence-corrected chi connectivity index (χ4v) is 4.24. The van der Waals surface area contributed by atoms with E-state index in [2.05, 4.69) is 10.2 Å². The molecule has 1 aromatic heterocycles. The van der Waals surface area contributed by atoms with Gasteiger partial charge in [0.15, 0.2) is 0 Å². The van der Waals surface area contributed by atoms with Crippen LogP contribution in [-0.4, -0.2) is 59.4 Å². The topological polar surface area (TPSA) is 122 Å². The summed E-state index contributed by atoms with van der Waals surface area (Å²) < 4.78 is 0. The molecule has 148 valence electrons. The van der Waals surface area contributed by atoms with Gasteiger partial charge in [-0.3, -0.25) is 30.0 Å². The molecule has 9 nitrogen and oxygen atoms in total. The van der Waals surface area contributed by atoms with Gasteiger partial charge in [0.2, 0.25) is 5.91 Å². The van der Waals surface area contributed by atoms with E-state index in [9.17, 15) is 19.7 Å². The van der Waals surface area contributed by atoms with E-state index in [0.29, 0.717) is 18.7 Å². The van der Waals surface area contributed by atoms with Gasteiger partial charge in [0.25, 0.3) is 5.69 Å². The summed E-state index contributed by atoms with van der Waals surface area (Å²) in [6.07, 6.45) is 0. The Labute approximate surface area is 165 Å². The third-order valence-electron chi connectivity index (χ3n) is 4.50. The zero-order chi connectivity index (χ0) is 20.1. The summed E-state index contributed by atoms with van der Waals surface area (Å²) >= 11 is 1.55. The summed E-state index contributed by atoms with van der Waals surface area (Å²) in [5, 5.41) is 13.3. The Morgan fingerprint density at radius 1 is 1.11 bits per heavy atom. The number of rotatable bonds is 6. The van der Waals surface area contributed by atoms with Gasteiger partial charge in [-0.25, -0.2) is 4.79 Å². The predicted octanol–water partition coefficient (Wildman–Crippen LogP) is 1.64. The summed E-state index contributed by atoms with van der Waals surface area (Å²) in [6, 6.07) is 9.84. The second-order valence-corrected chi connectivity index (χ2v) is 7.67. The molecule has 2 aromatic rings. The van der Waals surface area contributed by atoms with Crippen LogP contribution in [0.15, 0.2) is 36.4 Å². The Balaban J connectivity index is 1.55. The number of primary amides is 1. The molecule has 1 aromatic carbocycles. The molecule has 0 aliphatic carbocycles. The van der Waals surface area contributed by atoms with E-state index in [1.165, 1.54) is 6.07 Å². The molecule has 28 heavy (non-hydrogen) atoms. The lowest BCUT2D eigenvalue weighted by molar-refractivity contribution is -0.384. The van der Waals surface area contributed by atoms with E-state index in [-0.39, 0.29) is 17.2 Å². The highest BCUT2D eigenvalue weighted by Gasteiger charge is 2.21. The number of nitro benzene ring substituents is 1. The van der Waals surface area contributed by atoms with E-state index >= 15 is 0 Å². The summed E-state index contributed by atoms with van der Waals surface area (Å²) in [5.74, 6) is -0.395. The first-order valence-corrected chi connectivity index (χ1v) is 9.60. The zero-order valence-corrected chi connectivity index (χ0v) is 16.0. The van der Waals surface area contributed by atoms with Gasteiger partial charge >= 0.3 is 6.03 Å². The SMILES string of the molecule is NC(=O)NC(=O)CN1CCN(Cc2ccc(-c3ccccc3[N+](=O)[O-])s2)CC1. The Bertz CT molecular complexity index is 876. The van der Waals surface area contributed by atoms with Crippen LogP contribution in [0.4, 0.5) is 10.5 Å². The highest BCUT2D eigenvalue weighted by atomic mass is 32.1. The molecule has 3 rings (SSSR count). The number of hydrogen-bond donors (Lipinski definition) is 2. The van der Waals surface area contributed by atoms with Crippen LogP contribution >= 0.6 is 11.3 Å². The lowest BCUT2D eigenvalue weighted by Gasteiger charge is -2.33. The first kappa shape index (κ1) is 19.9. The fraction of sp³-hybridized carbons (Fsp3) is 0.333. The minimum absolute atomic E-state index is 0.110. The van der Waals surface area contributed by atoms with Gasteiger partial charge in [-0.1, -0.05) is 12.1 Å². The van der Waals surface area contributed by atoms with Crippen LogP contribution in [0.2, 0.25) is 0 Å². The minimum Gasteiger partial charge on any atom is -0.351 e. The van der Waals surface area contributed by atoms with Crippen molar-refractivity contribution >= 4 is 29.0 Å². The van der Waals surface area contributed by atoms with E-state index in [4.69, 9.17) is 5.73 Å². The number of thiophene rings is 1. The number of para-hydroxylation sites is 1. The Morgan fingerprint density at radius 3 is 2.46 bits per heavy atom. The number of nitro groups is 1. The highest BCUT2D eigenvalue weighted by Crippen LogP contribution is 2.35. The summed E-state index contributed by atoms with van der Waals surface area (Å²) in [4.78, 5) is 39.4. The van der Waals surface area contributed by atoms with Crippen molar-refractivity contribution in [1.29, 1.82) is 0 Å². The van der Waals surface area contributed by atoms with Crippen molar-refractivity contribution in [3.8, 4) is 10.4 Å². The summed E-state index contributed by atoms with van der Waals surface area (Å²) in [7, 11) is 0. The number of imide groups is 1. The number of urea groups is 1. The zero-order valence-electron chi connectivity index (χ0n) is 15.2. The maximum Gasteiger partial charge on any atom is 0.318 e. The van der Waals surface area contributed by atoms with Crippen molar-refractivity contribution in [3.63, 3.8) is 0 Å². The molecule has 1 fully saturated rings. The van der Waals surface area contributed by atoms with E-state index in [1.54, 1.807) is 29.5 Å². The van der Waals surface area contributed by atoms with Gasteiger partial charge in [0.1, 0.15) is 0 Å². The molecule has 1 aliphatic heterocycles. The first-order valence-electron chi connectivity index (χ1n) is 8.79. The molecule has 0 saturated carbocycles. The number of carbonyl (C=O) groups is 2. The maximum atomic E-state index is 11.6. The molecule has 2 heterocycles. The van der Waals surface area contributed by atoms with Crippen LogP contribution in [0.3, 0.4) is 0 Å². The third kappa shape index (κ3) is 5.12. The van der Waals surface area contributed by atoms with Crippen LogP contribution < -0.4 is 11.1 Å². The Hall–Kier alpha value is -2.82. The second-order valence-electron chi connectivity index (χ2n) is 6.50. The highest BCUT2D eigenvalue weighted by molar-refractivity contribution is 7.15. The fourth-order valence-electron chi connectivity index (χ4n) is 3.15. The van der Waals surface area contributed by atoms with Crippen molar-refractivity contribution in [1.82, 2.24) is 15.1 Å². The van der Waals surface area contributed by atoms with Crippen LogP contribution in [0.25, 0.3) is 10.4 Å². The largest absolute Gasteiger partial charge is 0.351 e. The number of benzene rings is 1. The first-order chi connectivity index (χ1) is 13.4.